The maximum atomic E-state index is 4.26. The minimum absolute atomic E-state index is 0.317. The smallest absolute Gasteiger partial charge is 0.0648 e. The van der Waals surface area contributed by atoms with E-state index in [4.69, 9.17) is 0 Å². The van der Waals surface area contributed by atoms with E-state index in [9.17, 15) is 0 Å². The number of nitrogens with one attached hydrogen (secondary N) is 1. The van der Waals surface area contributed by atoms with Gasteiger partial charge in [0.1, 0.15) is 0 Å². The number of thiophene rings is 1. The zero-order chi connectivity index (χ0) is 14.5. The lowest BCUT2D eigenvalue weighted by Crippen LogP contribution is -2.24. The molecule has 20 heavy (non-hydrogen) atoms. The van der Waals surface area contributed by atoms with E-state index in [1.54, 1.807) is 0 Å². The Hall–Kier alpha value is -1.26. The second kappa shape index (κ2) is 6.95. The first-order valence-electron chi connectivity index (χ1n) is 7.25. The van der Waals surface area contributed by atoms with Crippen molar-refractivity contribution >= 4 is 11.3 Å². The highest BCUT2D eigenvalue weighted by atomic mass is 32.1. The van der Waals surface area contributed by atoms with Crippen LogP contribution in [-0.2, 0) is 12.8 Å². The summed E-state index contributed by atoms with van der Waals surface area (Å²) in [5.74, 6) is 0. The number of aryl methyl sites for hydroxylation is 3. The van der Waals surface area contributed by atoms with E-state index in [1.807, 2.05) is 25.2 Å². The molecule has 0 aliphatic heterocycles. The van der Waals surface area contributed by atoms with Crippen molar-refractivity contribution in [2.45, 2.75) is 46.6 Å². The second-order valence-electron chi connectivity index (χ2n) is 5.06. The van der Waals surface area contributed by atoms with Gasteiger partial charge in [-0.05, 0) is 50.6 Å². The van der Waals surface area contributed by atoms with Crippen LogP contribution in [-0.4, -0.2) is 16.7 Å². The van der Waals surface area contributed by atoms with E-state index in [1.165, 1.54) is 15.3 Å². The monoisotopic (exact) mass is 289 g/mol. The minimum Gasteiger partial charge on any atom is -0.310 e. The van der Waals surface area contributed by atoms with Gasteiger partial charge in [0, 0.05) is 22.2 Å². The molecule has 108 valence electrons. The molecule has 1 N–H and O–H groups in total. The quantitative estimate of drug-likeness (QED) is 0.882. The Morgan fingerprint density at radius 3 is 2.55 bits per heavy atom. The molecule has 2 heterocycles. The molecular weight excluding hydrogens is 266 g/mol. The molecule has 0 amide bonds. The Bertz CT molecular complexity index is 563. The fraction of sp³-hybridized carbons (Fsp3) is 0.500. The molecule has 0 saturated carbocycles. The highest BCUT2D eigenvalue weighted by Gasteiger charge is 2.16. The number of aromatic nitrogens is 2. The minimum atomic E-state index is 0.317. The van der Waals surface area contributed by atoms with Crippen LogP contribution in [0.1, 0.15) is 46.6 Å². The first-order valence-corrected chi connectivity index (χ1v) is 8.07. The molecule has 3 nitrogen and oxygen atoms in total. The number of hydrogen-bond donors (Lipinski definition) is 1. The van der Waals surface area contributed by atoms with E-state index < -0.39 is 0 Å². The molecule has 2 aromatic heterocycles. The van der Waals surface area contributed by atoms with E-state index in [2.05, 4.69) is 47.6 Å². The fourth-order valence-electron chi connectivity index (χ4n) is 2.38. The zero-order valence-electron chi connectivity index (χ0n) is 12.7. The Morgan fingerprint density at radius 2 is 1.90 bits per heavy atom. The predicted molar refractivity (Wildman–Crippen MR) is 85.3 cm³/mol. The van der Waals surface area contributed by atoms with Crippen molar-refractivity contribution in [1.82, 2.24) is 15.5 Å². The van der Waals surface area contributed by atoms with E-state index in [-0.39, 0.29) is 0 Å². The van der Waals surface area contributed by atoms with Gasteiger partial charge in [0.25, 0.3) is 0 Å². The van der Waals surface area contributed by atoms with Crippen LogP contribution in [0.2, 0.25) is 0 Å². The van der Waals surface area contributed by atoms with Crippen LogP contribution in [0.5, 0.6) is 0 Å². The topological polar surface area (TPSA) is 37.8 Å². The molecule has 1 atom stereocenters. The Labute approximate surface area is 125 Å². The summed E-state index contributed by atoms with van der Waals surface area (Å²) in [6.45, 7) is 9.35. The molecule has 0 fully saturated rings. The average molecular weight is 289 g/mol. The largest absolute Gasteiger partial charge is 0.310 e. The third-order valence-corrected chi connectivity index (χ3v) is 4.69. The van der Waals surface area contributed by atoms with Crippen molar-refractivity contribution in [2.24, 2.45) is 0 Å². The normalized spacial score (nSPS) is 12.6. The third kappa shape index (κ3) is 3.64. The summed E-state index contributed by atoms with van der Waals surface area (Å²) >= 11 is 1.92. The van der Waals surface area contributed by atoms with Crippen LogP contribution in [0.3, 0.4) is 0 Å². The van der Waals surface area contributed by atoms with Crippen molar-refractivity contribution in [3.8, 4) is 0 Å². The van der Waals surface area contributed by atoms with Crippen molar-refractivity contribution in [3.63, 3.8) is 0 Å². The lowest BCUT2D eigenvalue weighted by molar-refractivity contribution is 0.546. The van der Waals surface area contributed by atoms with Gasteiger partial charge < -0.3 is 5.32 Å². The first-order chi connectivity index (χ1) is 9.63. The molecular formula is C16H23N3S. The van der Waals surface area contributed by atoms with Gasteiger partial charge in [-0.3, -0.25) is 0 Å². The van der Waals surface area contributed by atoms with Crippen molar-refractivity contribution in [2.75, 3.05) is 6.54 Å². The number of hydrogen-bond acceptors (Lipinski definition) is 4. The summed E-state index contributed by atoms with van der Waals surface area (Å²) in [6.07, 6.45) is 2.13. The summed E-state index contributed by atoms with van der Waals surface area (Å²) in [7, 11) is 0. The molecule has 0 spiro atoms. The van der Waals surface area contributed by atoms with Crippen LogP contribution < -0.4 is 5.32 Å². The molecule has 0 aromatic carbocycles. The summed E-state index contributed by atoms with van der Waals surface area (Å²) < 4.78 is 0. The SMILES string of the molecule is CCNC(Cc1ccc(CC)s1)c1cc(C)nnc1C. The lowest BCUT2D eigenvalue weighted by Gasteiger charge is -2.19. The maximum absolute atomic E-state index is 4.26. The van der Waals surface area contributed by atoms with Crippen LogP contribution in [0, 0.1) is 13.8 Å². The molecule has 4 heteroatoms. The Balaban J connectivity index is 2.23. The summed E-state index contributed by atoms with van der Waals surface area (Å²) in [6, 6.07) is 6.97. The zero-order valence-corrected chi connectivity index (χ0v) is 13.5. The Kier molecular flexibility index (Phi) is 5.26. The molecule has 0 radical (unpaired) electrons. The summed E-state index contributed by atoms with van der Waals surface area (Å²) in [5, 5.41) is 12.0. The molecule has 0 bridgehead atoms. The van der Waals surface area contributed by atoms with Crippen LogP contribution in [0.4, 0.5) is 0 Å². The van der Waals surface area contributed by atoms with Gasteiger partial charge in [0.2, 0.25) is 0 Å². The molecule has 0 aliphatic carbocycles. The second-order valence-corrected chi connectivity index (χ2v) is 6.32. The molecule has 1 unspecified atom stereocenters. The first kappa shape index (κ1) is 15.1. The van der Waals surface area contributed by atoms with E-state index in [0.717, 1.165) is 30.8 Å². The summed E-state index contributed by atoms with van der Waals surface area (Å²) in [4.78, 5) is 2.89. The van der Waals surface area contributed by atoms with Crippen molar-refractivity contribution < 1.29 is 0 Å². The van der Waals surface area contributed by atoms with E-state index >= 15 is 0 Å². The summed E-state index contributed by atoms with van der Waals surface area (Å²) in [5.41, 5.74) is 3.27. The number of likely N-dealkylation sites (N-methyl/N-ethyl adjacent to an activating group) is 1. The van der Waals surface area contributed by atoms with Gasteiger partial charge in [-0.1, -0.05) is 13.8 Å². The van der Waals surface area contributed by atoms with Crippen LogP contribution in [0.25, 0.3) is 0 Å². The molecule has 2 rings (SSSR count). The molecule has 2 aromatic rings. The highest BCUT2D eigenvalue weighted by Crippen LogP contribution is 2.25. The third-order valence-electron chi connectivity index (χ3n) is 3.44. The number of nitrogens with zero attached hydrogens (tertiary/aromatic N) is 2. The highest BCUT2D eigenvalue weighted by molar-refractivity contribution is 7.11. The van der Waals surface area contributed by atoms with Gasteiger partial charge >= 0.3 is 0 Å². The van der Waals surface area contributed by atoms with Gasteiger partial charge in [-0.2, -0.15) is 10.2 Å². The Morgan fingerprint density at radius 1 is 1.15 bits per heavy atom. The fourth-order valence-corrected chi connectivity index (χ4v) is 3.39. The van der Waals surface area contributed by atoms with Crippen LogP contribution >= 0.6 is 11.3 Å². The van der Waals surface area contributed by atoms with Crippen molar-refractivity contribution in [3.05, 3.63) is 44.9 Å². The van der Waals surface area contributed by atoms with E-state index in [0.29, 0.717) is 6.04 Å². The maximum Gasteiger partial charge on any atom is 0.0648 e. The molecule has 0 saturated heterocycles. The van der Waals surface area contributed by atoms with Gasteiger partial charge in [0.05, 0.1) is 11.4 Å². The standard InChI is InChI=1S/C16H23N3S/c1-5-13-7-8-14(20-13)10-16(17-6-2)15-9-11(3)18-19-12(15)4/h7-9,16-17H,5-6,10H2,1-4H3. The van der Waals surface area contributed by atoms with Crippen molar-refractivity contribution in [1.29, 1.82) is 0 Å². The van der Waals surface area contributed by atoms with Gasteiger partial charge in [-0.15, -0.1) is 11.3 Å². The molecule has 0 aliphatic rings. The van der Waals surface area contributed by atoms with Gasteiger partial charge in [0.15, 0.2) is 0 Å². The predicted octanol–water partition coefficient (Wildman–Crippen LogP) is 3.61. The average Bonchev–Trinajstić information content (AvgIpc) is 2.89. The lowest BCUT2D eigenvalue weighted by atomic mass is 10.0. The number of rotatable bonds is 6. The van der Waals surface area contributed by atoms with Gasteiger partial charge in [-0.25, -0.2) is 0 Å². The van der Waals surface area contributed by atoms with Crippen LogP contribution in [0.15, 0.2) is 18.2 Å².